The summed E-state index contributed by atoms with van der Waals surface area (Å²) in [5.74, 6) is -0.505. The van der Waals surface area contributed by atoms with E-state index in [0.29, 0.717) is 24.2 Å². The van der Waals surface area contributed by atoms with Crippen molar-refractivity contribution in [1.82, 2.24) is 5.32 Å². The number of unbranched alkanes of at least 4 members (excludes halogenated alkanes) is 1. The Hall–Kier alpha value is -3.40. The molecule has 198 valence electrons. The molecular formula is C33H43NO3. The lowest BCUT2D eigenvalue weighted by Crippen LogP contribution is -2.36. The summed E-state index contributed by atoms with van der Waals surface area (Å²) in [5.41, 5.74) is 6.20. The van der Waals surface area contributed by atoms with E-state index < -0.39 is 5.92 Å². The van der Waals surface area contributed by atoms with Gasteiger partial charge in [-0.1, -0.05) is 93.8 Å². The minimum atomic E-state index is -0.398. The van der Waals surface area contributed by atoms with Gasteiger partial charge in [0, 0.05) is 29.3 Å². The van der Waals surface area contributed by atoms with Gasteiger partial charge < -0.3 is 10.1 Å². The maximum Gasteiger partial charge on any atom is 0.336 e. The fraction of sp³-hybridized carbons (Fsp3) is 0.394. The summed E-state index contributed by atoms with van der Waals surface area (Å²) in [6, 6.07) is 18.3. The van der Waals surface area contributed by atoms with E-state index in [1.807, 2.05) is 57.2 Å². The fourth-order valence-corrected chi connectivity index (χ4v) is 4.73. The van der Waals surface area contributed by atoms with Gasteiger partial charge in [-0.25, -0.2) is 4.79 Å². The molecule has 1 aliphatic carbocycles. The molecule has 2 unspecified atom stereocenters. The number of nitrogens with one attached hydrogen (secondary N) is 1. The molecular weight excluding hydrogens is 458 g/mol. The Labute approximate surface area is 223 Å². The molecule has 0 radical (unpaired) electrons. The molecule has 2 aliphatic rings. The molecule has 0 aromatic heterocycles. The first-order valence-corrected chi connectivity index (χ1v) is 13.4. The molecule has 0 bridgehead atoms. The van der Waals surface area contributed by atoms with Crippen LogP contribution < -0.4 is 5.32 Å². The number of aryl methyl sites for hydroxylation is 1. The van der Waals surface area contributed by atoms with Gasteiger partial charge in [0.1, 0.15) is 0 Å². The van der Waals surface area contributed by atoms with Crippen LogP contribution in [0.2, 0.25) is 0 Å². The average molecular weight is 502 g/mol. The van der Waals surface area contributed by atoms with Crippen LogP contribution in [-0.4, -0.2) is 18.4 Å². The largest absolute Gasteiger partial charge is 0.462 e. The second kappa shape index (κ2) is 15.0. The number of hydrogen-bond acceptors (Lipinski definition) is 4. The van der Waals surface area contributed by atoms with E-state index in [1.54, 1.807) is 0 Å². The highest BCUT2D eigenvalue weighted by atomic mass is 16.5. The first-order chi connectivity index (χ1) is 17.9. The third-order valence-corrected chi connectivity index (χ3v) is 6.63. The molecule has 37 heavy (non-hydrogen) atoms. The Morgan fingerprint density at radius 2 is 1.57 bits per heavy atom. The highest BCUT2D eigenvalue weighted by Gasteiger charge is 2.41. The lowest BCUT2D eigenvalue weighted by atomic mass is 9.71. The summed E-state index contributed by atoms with van der Waals surface area (Å²) in [5, 5.41) is 3.41. The van der Waals surface area contributed by atoms with Crippen LogP contribution in [0.4, 0.5) is 0 Å². The first-order valence-electron chi connectivity index (χ1n) is 13.4. The van der Waals surface area contributed by atoms with Gasteiger partial charge in [-0.05, 0) is 43.7 Å². The number of dihydropyridines is 1. The second-order valence-electron chi connectivity index (χ2n) is 9.48. The number of rotatable bonds is 6. The summed E-state index contributed by atoms with van der Waals surface area (Å²) in [6.07, 6.45) is 4.59. The Bertz CT molecular complexity index is 1110. The third kappa shape index (κ3) is 7.55. The van der Waals surface area contributed by atoms with Crippen LogP contribution in [0.15, 0.2) is 90.3 Å². The van der Waals surface area contributed by atoms with Gasteiger partial charge >= 0.3 is 5.97 Å². The van der Waals surface area contributed by atoms with Crippen LogP contribution in [0.25, 0.3) is 0 Å². The molecule has 4 rings (SSSR count). The Balaban J connectivity index is 0.000000733. The van der Waals surface area contributed by atoms with Crippen molar-refractivity contribution < 1.29 is 14.3 Å². The van der Waals surface area contributed by atoms with E-state index in [2.05, 4.69) is 50.5 Å². The van der Waals surface area contributed by atoms with Crippen molar-refractivity contribution in [3.8, 4) is 0 Å². The van der Waals surface area contributed by atoms with Crippen molar-refractivity contribution in [1.29, 1.82) is 0 Å². The highest BCUT2D eigenvalue weighted by molar-refractivity contribution is 6.04. The van der Waals surface area contributed by atoms with Crippen molar-refractivity contribution in [2.24, 2.45) is 0 Å². The highest BCUT2D eigenvalue weighted by Crippen LogP contribution is 2.45. The van der Waals surface area contributed by atoms with Gasteiger partial charge in [0.05, 0.1) is 12.2 Å². The molecule has 0 fully saturated rings. The predicted molar refractivity (Wildman–Crippen MR) is 153 cm³/mol. The van der Waals surface area contributed by atoms with E-state index >= 15 is 0 Å². The maximum atomic E-state index is 13.5. The number of ether oxygens (including phenoxy) is 1. The van der Waals surface area contributed by atoms with Gasteiger partial charge in [-0.2, -0.15) is 0 Å². The quantitative estimate of drug-likeness (QED) is 0.323. The maximum absolute atomic E-state index is 13.5. The molecule has 0 amide bonds. The zero-order valence-corrected chi connectivity index (χ0v) is 23.2. The van der Waals surface area contributed by atoms with Crippen LogP contribution in [0.5, 0.6) is 0 Å². The molecule has 2 aromatic carbocycles. The molecule has 1 heterocycles. The number of allylic oxidation sites excluding steroid dienone is 3. The van der Waals surface area contributed by atoms with Gasteiger partial charge in [0.15, 0.2) is 5.78 Å². The van der Waals surface area contributed by atoms with E-state index in [-0.39, 0.29) is 17.7 Å². The lowest BCUT2D eigenvalue weighted by Gasteiger charge is -2.36. The van der Waals surface area contributed by atoms with Crippen molar-refractivity contribution in [3.63, 3.8) is 0 Å². The molecule has 0 saturated heterocycles. The lowest BCUT2D eigenvalue weighted by molar-refractivity contribution is -0.139. The zero-order chi connectivity index (χ0) is 27.4. The van der Waals surface area contributed by atoms with Crippen LogP contribution in [0, 0.1) is 6.92 Å². The van der Waals surface area contributed by atoms with Crippen molar-refractivity contribution in [3.05, 3.63) is 107 Å². The van der Waals surface area contributed by atoms with Crippen LogP contribution in [0.1, 0.15) is 88.3 Å². The molecule has 4 heteroatoms. The first kappa shape index (κ1) is 29.8. The zero-order valence-electron chi connectivity index (χ0n) is 23.2. The minimum absolute atomic E-state index is 0.0994. The number of carbonyl (C=O) groups excluding carboxylic acids is 2. The SMILES string of the molecule is C=C.CCCC.CCCOC(=O)C1=C(C)NC2=C(C(=O)CC(c3ccccc3)C2)C1c1cccc(C)c1. The van der Waals surface area contributed by atoms with Gasteiger partial charge in [0.25, 0.3) is 0 Å². The van der Waals surface area contributed by atoms with Crippen molar-refractivity contribution in [2.75, 3.05) is 6.61 Å². The number of Topliss-reactive ketones (excluding diaryl/α,β-unsaturated/α-hetero) is 1. The monoisotopic (exact) mass is 501 g/mol. The van der Waals surface area contributed by atoms with E-state index in [0.717, 1.165) is 35.4 Å². The Morgan fingerprint density at radius 3 is 2.16 bits per heavy atom. The topological polar surface area (TPSA) is 55.4 Å². The molecule has 4 nitrogen and oxygen atoms in total. The number of hydrogen-bond donors (Lipinski definition) is 1. The van der Waals surface area contributed by atoms with Gasteiger partial charge in [-0.3, -0.25) is 4.79 Å². The average Bonchev–Trinajstić information content (AvgIpc) is 2.92. The van der Waals surface area contributed by atoms with Crippen LogP contribution in [0.3, 0.4) is 0 Å². The smallest absolute Gasteiger partial charge is 0.336 e. The summed E-state index contributed by atoms with van der Waals surface area (Å²) >= 11 is 0. The second-order valence-corrected chi connectivity index (χ2v) is 9.48. The molecule has 1 aliphatic heterocycles. The van der Waals surface area contributed by atoms with Gasteiger partial charge in [-0.15, -0.1) is 13.2 Å². The van der Waals surface area contributed by atoms with Crippen LogP contribution >= 0.6 is 0 Å². The summed E-state index contributed by atoms with van der Waals surface area (Å²) in [7, 11) is 0. The van der Waals surface area contributed by atoms with Gasteiger partial charge in [0.2, 0.25) is 0 Å². The number of esters is 1. The third-order valence-electron chi connectivity index (χ3n) is 6.63. The number of ketones is 1. The summed E-state index contributed by atoms with van der Waals surface area (Å²) in [4.78, 5) is 26.5. The summed E-state index contributed by atoms with van der Waals surface area (Å²) in [6.45, 7) is 16.6. The fourth-order valence-electron chi connectivity index (χ4n) is 4.73. The molecule has 2 atom stereocenters. The van der Waals surface area contributed by atoms with Crippen molar-refractivity contribution in [2.45, 2.75) is 78.6 Å². The Morgan fingerprint density at radius 1 is 0.919 bits per heavy atom. The minimum Gasteiger partial charge on any atom is -0.462 e. The standard InChI is InChI=1S/C27H29NO3.C4H10.C2H4/c1-4-13-31-27(30)24-18(3)28-22-15-21(19-10-6-5-7-11-19)16-23(29)26(22)25(24)20-12-8-9-17(2)14-20;1-3-4-2;1-2/h5-12,14,21,25,28H,4,13,15-16H2,1-3H3;3-4H2,1-2H3;1-2H2. The molecule has 2 aromatic rings. The van der Waals surface area contributed by atoms with E-state index in [9.17, 15) is 9.59 Å². The predicted octanol–water partition coefficient (Wildman–Crippen LogP) is 7.92. The molecule has 1 N–H and O–H groups in total. The Kier molecular flexibility index (Phi) is 12.1. The molecule has 0 saturated carbocycles. The number of carbonyl (C=O) groups is 2. The van der Waals surface area contributed by atoms with E-state index in [1.165, 1.54) is 18.4 Å². The normalized spacial score (nSPS) is 18.5. The molecule has 0 spiro atoms. The van der Waals surface area contributed by atoms with E-state index in [4.69, 9.17) is 4.74 Å². The van der Waals surface area contributed by atoms with Crippen molar-refractivity contribution >= 4 is 11.8 Å². The van der Waals surface area contributed by atoms with Crippen LogP contribution in [-0.2, 0) is 14.3 Å². The number of benzene rings is 2. The summed E-state index contributed by atoms with van der Waals surface area (Å²) < 4.78 is 5.52.